The third-order valence-corrected chi connectivity index (χ3v) is 2.82. The van der Waals surface area contributed by atoms with Crippen molar-refractivity contribution in [2.24, 2.45) is 11.8 Å². The lowest BCUT2D eigenvalue weighted by Gasteiger charge is -2.22. The van der Waals surface area contributed by atoms with E-state index in [0.717, 1.165) is 19.0 Å². The Morgan fingerprint density at radius 3 is 2.62 bits per heavy atom. The molecule has 1 heterocycles. The Hall–Kier alpha value is -0.530. The summed E-state index contributed by atoms with van der Waals surface area (Å²) < 4.78 is 0. The van der Waals surface area contributed by atoms with E-state index in [9.17, 15) is 4.79 Å². The first-order valence-corrected chi connectivity index (χ1v) is 5.40. The molecule has 1 aliphatic rings. The van der Waals surface area contributed by atoms with Crippen molar-refractivity contribution in [1.29, 1.82) is 0 Å². The van der Waals surface area contributed by atoms with Crippen molar-refractivity contribution in [1.82, 2.24) is 4.90 Å². The minimum atomic E-state index is 0.161. The highest BCUT2D eigenvalue weighted by Crippen LogP contribution is 2.17. The van der Waals surface area contributed by atoms with Crippen molar-refractivity contribution in [3.8, 4) is 0 Å². The van der Waals surface area contributed by atoms with Gasteiger partial charge in [0.05, 0.1) is 0 Å². The summed E-state index contributed by atoms with van der Waals surface area (Å²) in [6.45, 7) is 8.19. The molecule has 1 amide bonds. The molecule has 0 spiro atoms. The molecule has 1 rings (SSSR count). The minimum Gasteiger partial charge on any atom is -0.342 e. The molecular weight excluding hydrogens is 162 g/mol. The maximum atomic E-state index is 11.7. The molecule has 1 unspecified atom stereocenters. The van der Waals surface area contributed by atoms with Crippen LogP contribution in [0.1, 0.15) is 40.0 Å². The number of hydrogen-bond donors (Lipinski definition) is 0. The van der Waals surface area contributed by atoms with E-state index in [-0.39, 0.29) is 5.92 Å². The number of rotatable bonds is 1. The minimum absolute atomic E-state index is 0.161. The number of hydrogen-bond acceptors (Lipinski definition) is 1. The Labute approximate surface area is 81.3 Å². The maximum absolute atomic E-state index is 11.7. The van der Waals surface area contributed by atoms with Crippen LogP contribution >= 0.6 is 0 Å². The van der Waals surface area contributed by atoms with Crippen LogP contribution in [0.25, 0.3) is 0 Å². The van der Waals surface area contributed by atoms with Crippen LogP contribution in [0.4, 0.5) is 0 Å². The standard InChI is InChI=1S/C11H21NO/c1-9(2)11(13)12-7-4-5-10(3)6-8-12/h9-10H,4-8H2,1-3H3. The highest BCUT2D eigenvalue weighted by Gasteiger charge is 2.19. The van der Waals surface area contributed by atoms with Gasteiger partial charge in [0.2, 0.25) is 5.91 Å². The highest BCUT2D eigenvalue weighted by molar-refractivity contribution is 5.78. The quantitative estimate of drug-likeness (QED) is 0.611. The molecule has 13 heavy (non-hydrogen) atoms. The molecule has 1 fully saturated rings. The van der Waals surface area contributed by atoms with Crippen molar-refractivity contribution in [2.75, 3.05) is 13.1 Å². The van der Waals surface area contributed by atoms with Crippen molar-refractivity contribution < 1.29 is 4.79 Å². The third-order valence-electron chi connectivity index (χ3n) is 2.82. The van der Waals surface area contributed by atoms with Crippen LogP contribution < -0.4 is 0 Å². The van der Waals surface area contributed by atoms with Gasteiger partial charge in [-0.1, -0.05) is 20.8 Å². The molecule has 1 saturated heterocycles. The van der Waals surface area contributed by atoms with Gasteiger partial charge >= 0.3 is 0 Å². The van der Waals surface area contributed by atoms with Crippen LogP contribution in [0, 0.1) is 11.8 Å². The summed E-state index contributed by atoms with van der Waals surface area (Å²) in [5.41, 5.74) is 0. The number of amides is 1. The van der Waals surface area contributed by atoms with E-state index in [4.69, 9.17) is 0 Å². The monoisotopic (exact) mass is 183 g/mol. The summed E-state index contributed by atoms with van der Waals surface area (Å²) in [7, 11) is 0. The van der Waals surface area contributed by atoms with Crippen LogP contribution in [0.3, 0.4) is 0 Å². The van der Waals surface area contributed by atoms with Crippen molar-refractivity contribution in [3.05, 3.63) is 0 Å². The summed E-state index contributed by atoms with van der Waals surface area (Å²) in [6, 6.07) is 0. The van der Waals surface area contributed by atoms with E-state index in [0.29, 0.717) is 5.91 Å². The molecule has 1 aliphatic heterocycles. The van der Waals surface area contributed by atoms with Crippen LogP contribution in [-0.2, 0) is 4.79 Å². The molecule has 0 aromatic carbocycles. The Morgan fingerprint density at radius 2 is 2.00 bits per heavy atom. The van der Waals surface area contributed by atoms with E-state index in [1.165, 1.54) is 19.3 Å². The summed E-state index contributed by atoms with van der Waals surface area (Å²) in [5.74, 6) is 1.28. The van der Waals surface area contributed by atoms with Gasteiger partial charge in [-0.15, -0.1) is 0 Å². The van der Waals surface area contributed by atoms with Gasteiger partial charge < -0.3 is 4.90 Å². The number of carbonyl (C=O) groups excluding carboxylic acids is 1. The lowest BCUT2D eigenvalue weighted by atomic mass is 10.0. The second kappa shape index (κ2) is 4.64. The second-order valence-electron chi connectivity index (χ2n) is 4.52. The number of carbonyl (C=O) groups is 1. The second-order valence-corrected chi connectivity index (χ2v) is 4.52. The van der Waals surface area contributed by atoms with Gasteiger partial charge in [-0.3, -0.25) is 4.79 Å². The predicted molar refractivity (Wildman–Crippen MR) is 54.4 cm³/mol. The summed E-state index contributed by atoms with van der Waals surface area (Å²) in [5, 5.41) is 0. The van der Waals surface area contributed by atoms with Crippen LogP contribution in [0.5, 0.6) is 0 Å². The molecule has 2 nitrogen and oxygen atoms in total. The Bertz CT molecular complexity index is 177. The van der Waals surface area contributed by atoms with Gasteiger partial charge in [0.15, 0.2) is 0 Å². The van der Waals surface area contributed by atoms with Gasteiger partial charge in [-0.25, -0.2) is 0 Å². The first-order valence-electron chi connectivity index (χ1n) is 5.40. The van der Waals surface area contributed by atoms with E-state index in [1.54, 1.807) is 0 Å². The molecule has 0 aliphatic carbocycles. The molecule has 2 heteroatoms. The van der Waals surface area contributed by atoms with Gasteiger partial charge in [0.1, 0.15) is 0 Å². The first-order chi connectivity index (χ1) is 6.11. The van der Waals surface area contributed by atoms with Crippen molar-refractivity contribution in [2.45, 2.75) is 40.0 Å². The number of nitrogens with zero attached hydrogens (tertiary/aromatic N) is 1. The topological polar surface area (TPSA) is 20.3 Å². The first kappa shape index (κ1) is 10.6. The van der Waals surface area contributed by atoms with Gasteiger partial charge in [-0.2, -0.15) is 0 Å². The summed E-state index contributed by atoms with van der Waals surface area (Å²) >= 11 is 0. The van der Waals surface area contributed by atoms with E-state index < -0.39 is 0 Å². The van der Waals surface area contributed by atoms with Gasteiger partial charge in [0, 0.05) is 19.0 Å². The van der Waals surface area contributed by atoms with E-state index in [1.807, 2.05) is 18.7 Å². The van der Waals surface area contributed by atoms with E-state index >= 15 is 0 Å². The molecule has 0 bridgehead atoms. The summed E-state index contributed by atoms with van der Waals surface area (Å²) in [4.78, 5) is 13.7. The predicted octanol–water partition coefficient (Wildman–Crippen LogP) is 2.29. The summed E-state index contributed by atoms with van der Waals surface area (Å²) in [6.07, 6.45) is 3.64. The Balaban J connectivity index is 2.46. The lowest BCUT2D eigenvalue weighted by Crippen LogP contribution is -2.35. The molecular formula is C11H21NO. The van der Waals surface area contributed by atoms with Crippen molar-refractivity contribution >= 4 is 5.91 Å². The normalized spacial score (nSPS) is 24.6. The van der Waals surface area contributed by atoms with Crippen LogP contribution in [-0.4, -0.2) is 23.9 Å². The zero-order valence-electron chi connectivity index (χ0n) is 9.05. The highest BCUT2D eigenvalue weighted by atomic mass is 16.2. The molecule has 0 aromatic rings. The average Bonchev–Trinajstić information content (AvgIpc) is 2.28. The molecule has 0 saturated carbocycles. The zero-order valence-corrected chi connectivity index (χ0v) is 9.05. The molecule has 1 atom stereocenters. The molecule has 0 N–H and O–H groups in total. The molecule has 0 aromatic heterocycles. The lowest BCUT2D eigenvalue weighted by molar-refractivity contribution is -0.134. The van der Waals surface area contributed by atoms with Gasteiger partial charge in [-0.05, 0) is 25.2 Å². The fraction of sp³-hybridized carbons (Fsp3) is 0.909. The molecule has 76 valence electrons. The maximum Gasteiger partial charge on any atom is 0.225 e. The number of likely N-dealkylation sites (tertiary alicyclic amines) is 1. The molecule has 0 radical (unpaired) electrons. The smallest absolute Gasteiger partial charge is 0.225 e. The van der Waals surface area contributed by atoms with E-state index in [2.05, 4.69) is 6.92 Å². The SMILES string of the molecule is CC1CCCN(C(=O)C(C)C)CC1. The van der Waals surface area contributed by atoms with Gasteiger partial charge in [0.25, 0.3) is 0 Å². The fourth-order valence-electron chi connectivity index (χ4n) is 1.85. The zero-order chi connectivity index (χ0) is 9.84. The Morgan fingerprint density at radius 1 is 1.31 bits per heavy atom. The fourth-order valence-corrected chi connectivity index (χ4v) is 1.85. The Kier molecular flexibility index (Phi) is 3.76. The third kappa shape index (κ3) is 3.02. The largest absolute Gasteiger partial charge is 0.342 e. The van der Waals surface area contributed by atoms with Crippen LogP contribution in [0.15, 0.2) is 0 Å². The van der Waals surface area contributed by atoms with Crippen molar-refractivity contribution in [3.63, 3.8) is 0 Å². The van der Waals surface area contributed by atoms with Crippen LogP contribution in [0.2, 0.25) is 0 Å². The average molecular weight is 183 g/mol.